The lowest BCUT2D eigenvalue weighted by Gasteiger charge is -2.36. The summed E-state index contributed by atoms with van der Waals surface area (Å²) < 4.78 is 5.43. The fourth-order valence-corrected chi connectivity index (χ4v) is 2.88. The molecular formula is C14H15NO5. The van der Waals surface area contributed by atoms with Crippen LogP contribution in [0.2, 0.25) is 0 Å². The van der Waals surface area contributed by atoms with Crippen molar-refractivity contribution < 1.29 is 24.5 Å². The Bertz CT molecular complexity index is 595. The number of carboxylic acids is 1. The smallest absolute Gasteiger partial charge is 0.338 e. The highest BCUT2D eigenvalue weighted by molar-refractivity contribution is 5.89. The van der Waals surface area contributed by atoms with Gasteiger partial charge >= 0.3 is 5.97 Å². The highest BCUT2D eigenvalue weighted by Crippen LogP contribution is 2.47. The Kier molecular flexibility index (Phi) is 2.64. The first-order valence-corrected chi connectivity index (χ1v) is 6.46. The Morgan fingerprint density at radius 3 is 2.65 bits per heavy atom. The lowest BCUT2D eigenvalue weighted by molar-refractivity contribution is -0.161. The van der Waals surface area contributed by atoms with Crippen LogP contribution >= 0.6 is 0 Å². The van der Waals surface area contributed by atoms with Crippen LogP contribution in [-0.4, -0.2) is 39.6 Å². The van der Waals surface area contributed by atoms with E-state index in [1.807, 2.05) is 0 Å². The van der Waals surface area contributed by atoms with Crippen LogP contribution in [0, 0.1) is 0 Å². The molecule has 1 unspecified atom stereocenters. The van der Waals surface area contributed by atoms with Gasteiger partial charge in [0.05, 0.1) is 0 Å². The van der Waals surface area contributed by atoms with E-state index in [1.54, 1.807) is 0 Å². The van der Waals surface area contributed by atoms with Gasteiger partial charge in [-0.15, -0.1) is 0 Å². The van der Waals surface area contributed by atoms with Crippen molar-refractivity contribution in [1.82, 2.24) is 4.90 Å². The number of aliphatic carboxylic acids is 1. The molecular weight excluding hydrogens is 262 g/mol. The second kappa shape index (κ2) is 4.13. The fraction of sp³-hybridized carbons (Fsp3) is 0.429. The number of hydrogen-bond donors (Lipinski definition) is 2. The lowest BCUT2D eigenvalue weighted by atomic mass is 9.89. The number of hydrogen-bond acceptors (Lipinski definition) is 4. The number of nitrogens with zero attached hydrogens (tertiary/aromatic N) is 1. The van der Waals surface area contributed by atoms with Gasteiger partial charge in [0.2, 0.25) is 11.4 Å². The van der Waals surface area contributed by atoms with Gasteiger partial charge in [-0.3, -0.25) is 4.79 Å². The lowest BCUT2D eigenvalue weighted by Crippen LogP contribution is -2.56. The van der Waals surface area contributed by atoms with Crippen molar-refractivity contribution in [3.63, 3.8) is 0 Å². The van der Waals surface area contributed by atoms with Crippen LogP contribution in [0.1, 0.15) is 25.3 Å². The van der Waals surface area contributed by atoms with E-state index in [2.05, 4.69) is 0 Å². The number of benzene rings is 1. The van der Waals surface area contributed by atoms with Crippen LogP contribution in [0.15, 0.2) is 18.2 Å². The summed E-state index contributed by atoms with van der Waals surface area (Å²) in [6.45, 7) is 1.25. The molecule has 1 atom stereocenters. The minimum Gasteiger partial charge on any atom is -0.508 e. The largest absolute Gasteiger partial charge is 0.508 e. The summed E-state index contributed by atoms with van der Waals surface area (Å²) in [6.07, 6.45) is 1.62. The summed E-state index contributed by atoms with van der Waals surface area (Å²) in [5, 5.41) is 19.2. The molecule has 106 valence electrons. The molecule has 3 rings (SSSR count). The SMILES string of the molecule is CC(=O)N(C1CC1)C1(C(=O)O)COc2cc(O)ccc21. The Morgan fingerprint density at radius 2 is 2.10 bits per heavy atom. The molecule has 1 aromatic carbocycles. The van der Waals surface area contributed by atoms with Gasteiger partial charge in [-0.2, -0.15) is 0 Å². The molecule has 1 aromatic rings. The van der Waals surface area contributed by atoms with E-state index in [0.29, 0.717) is 11.3 Å². The monoisotopic (exact) mass is 277 g/mol. The molecule has 1 aliphatic heterocycles. The van der Waals surface area contributed by atoms with Gasteiger partial charge in [0.25, 0.3) is 0 Å². The molecule has 20 heavy (non-hydrogen) atoms. The van der Waals surface area contributed by atoms with Crippen molar-refractivity contribution in [2.75, 3.05) is 6.61 Å². The molecule has 1 aliphatic carbocycles. The molecule has 0 bridgehead atoms. The molecule has 1 heterocycles. The maximum absolute atomic E-state index is 12.0. The first-order valence-electron chi connectivity index (χ1n) is 6.46. The first kappa shape index (κ1) is 12.8. The van der Waals surface area contributed by atoms with Gasteiger partial charge in [-0.05, 0) is 25.0 Å². The molecule has 2 N–H and O–H groups in total. The summed E-state index contributed by atoms with van der Waals surface area (Å²) in [6, 6.07) is 4.26. The standard InChI is InChI=1S/C14H15NO5/c1-8(16)15(9-2-3-9)14(13(18)19)7-20-12-6-10(17)4-5-11(12)14/h4-6,9,17H,2-3,7H2,1H3,(H,18,19). The number of carbonyl (C=O) groups excluding carboxylic acids is 1. The summed E-state index contributed by atoms with van der Waals surface area (Å²) >= 11 is 0. The van der Waals surface area contributed by atoms with Crippen LogP contribution in [0.3, 0.4) is 0 Å². The zero-order valence-corrected chi connectivity index (χ0v) is 11.0. The van der Waals surface area contributed by atoms with Crippen molar-refractivity contribution in [3.05, 3.63) is 23.8 Å². The van der Waals surface area contributed by atoms with E-state index in [9.17, 15) is 19.8 Å². The van der Waals surface area contributed by atoms with Crippen molar-refractivity contribution in [2.24, 2.45) is 0 Å². The van der Waals surface area contributed by atoms with E-state index in [1.165, 1.54) is 30.0 Å². The van der Waals surface area contributed by atoms with Crippen molar-refractivity contribution >= 4 is 11.9 Å². The number of amides is 1. The van der Waals surface area contributed by atoms with E-state index in [-0.39, 0.29) is 24.3 Å². The summed E-state index contributed by atoms with van der Waals surface area (Å²) in [5.74, 6) is -1.06. The minimum absolute atomic E-state index is 0.00531. The first-order chi connectivity index (χ1) is 9.46. The number of ether oxygens (including phenoxy) is 1. The molecule has 1 saturated carbocycles. The van der Waals surface area contributed by atoms with E-state index < -0.39 is 11.5 Å². The molecule has 1 amide bonds. The zero-order valence-electron chi connectivity index (χ0n) is 11.0. The van der Waals surface area contributed by atoms with Crippen molar-refractivity contribution in [2.45, 2.75) is 31.3 Å². The minimum atomic E-state index is -1.49. The zero-order chi connectivity index (χ0) is 14.5. The van der Waals surface area contributed by atoms with Gasteiger partial charge in [0.1, 0.15) is 18.1 Å². The third-order valence-electron chi connectivity index (χ3n) is 3.86. The molecule has 0 radical (unpaired) electrons. The number of carbonyl (C=O) groups is 2. The average molecular weight is 277 g/mol. The number of phenolic OH excluding ortho intramolecular Hbond substituents is 1. The maximum Gasteiger partial charge on any atom is 0.338 e. The maximum atomic E-state index is 12.0. The van der Waals surface area contributed by atoms with E-state index in [4.69, 9.17) is 4.74 Å². The molecule has 6 nitrogen and oxygen atoms in total. The van der Waals surface area contributed by atoms with Gasteiger partial charge in [0, 0.05) is 24.6 Å². The predicted molar refractivity (Wildman–Crippen MR) is 68.5 cm³/mol. The molecule has 0 saturated heterocycles. The number of rotatable bonds is 3. The number of carboxylic acid groups (broad SMARTS) is 1. The Hall–Kier alpha value is -2.24. The summed E-state index contributed by atoms with van der Waals surface area (Å²) in [4.78, 5) is 25.3. The number of fused-ring (bicyclic) bond motifs is 1. The Labute approximate surface area is 115 Å². The van der Waals surface area contributed by atoms with Gasteiger partial charge in [0.15, 0.2) is 0 Å². The molecule has 0 aromatic heterocycles. The quantitative estimate of drug-likeness (QED) is 0.863. The molecule has 2 aliphatic rings. The van der Waals surface area contributed by atoms with Gasteiger partial charge in [-0.1, -0.05) is 0 Å². The van der Waals surface area contributed by atoms with E-state index >= 15 is 0 Å². The van der Waals surface area contributed by atoms with Gasteiger partial charge < -0.3 is 19.8 Å². The normalized spacial score (nSPS) is 23.9. The van der Waals surface area contributed by atoms with Crippen LogP contribution in [0.25, 0.3) is 0 Å². The summed E-state index contributed by atoms with van der Waals surface area (Å²) in [7, 11) is 0. The molecule has 0 spiro atoms. The average Bonchev–Trinajstić information content (AvgIpc) is 3.11. The molecule has 6 heteroatoms. The van der Waals surface area contributed by atoms with Gasteiger partial charge in [-0.25, -0.2) is 4.79 Å². The topological polar surface area (TPSA) is 87.1 Å². The van der Waals surface area contributed by atoms with E-state index in [0.717, 1.165) is 12.8 Å². The second-order valence-electron chi connectivity index (χ2n) is 5.25. The molecule has 1 fully saturated rings. The highest BCUT2D eigenvalue weighted by atomic mass is 16.5. The van der Waals surface area contributed by atoms with Crippen LogP contribution in [-0.2, 0) is 15.1 Å². The number of aromatic hydroxyl groups is 1. The van der Waals surface area contributed by atoms with Crippen molar-refractivity contribution in [1.29, 1.82) is 0 Å². The Balaban J connectivity index is 2.16. The second-order valence-corrected chi connectivity index (χ2v) is 5.25. The number of phenols is 1. The predicted octanol–water partition coefficient (Wildman–Crippen LogP) is 1.08. The van der Waals surface area contributed by atoms with Crippen LogP contribution < -0.4 is 4.74 Å². The fourth-order valence-electron chi connectivity index (χ4n) is 2.88. The van der Waals surface area contributed by atoms with Crippen LogP contribution in [0.5, 0.6) is 11.5 Å². The third-order valence-corrected chi connectivity index (χ3v) is 3.86. The summed E-state index contributed by atoms with van der Waals surface area (Å²) in [5.41, 5.74) is -1.07. The Morgan fingerprint density at radius 1 is 1.40 bits per heavy atom. The third kappa shape index (κ3) is 1.64. The van der Waals surface area contributed by atoms with Crippen LogP contribution in [0.4, 0.5) is 0 Å². The van der Waals surface area contributed by atoms with Crippen molar-refractivity contribution in [3.8, 4) is 11.5 Å². The highest BCUT2D eigenvalue weighted by Gasteiger charge is 2.57.